The molecule has 3 aromatic rings. The molecule has 1 aromatic heterocycles. The minimum absolute atomic E-state index is 0.107. The Kier molecular flexibility index (Phi) is 5.20. The molecule has 4 rings (SSSR count). The first-order chi connectivity index (χ1) is 14.1. The number of nitrogens with two attached hydrogens (primary N) is 1. The van der Waals surface area contributed by atoms with Crippen LogP contribution in [0.5, 0.6) is 5.75 Å². The third-order valence-corrected chi connectivity index (χ3v) is 5.02. The van der Waals surface area contributed by atoms with E-state index in [1.165, 1.54) is 0 Å². The summed E-state index contributed by atoms with van der Waals surface area (Å²) in [4.78, 5) is 21.2. The van der Waals surface area contributed by atoms with Gasteiger partial charge in [-0.15, -0.1) is 0 Å². The molecule has 1 fully saturated rings. The summed E-state index contributed by atoms with van der Waals surface area (Å²) in [5, 5.41) is 12.5. The molecule has 0 spiro atoms. The van der Waals surface area contributed by atoms with Gasteiger partial charge in [0.1, 0.15) is 11.6 Å². The normalized spacial score (nSPS) is 13.9. The van der Waals surface area contributed by atoms with Gasteiger partial charge in [-0.2, -0.15) is 0 Å². The lowest BCUT2D eigenvalue weighted by molar-refractivity contribution is 0.102. The molecule has 0 saturated carbocycles. The number of piperazine rings is 1. The van der Waals surface area contributed by atoms with Crippen molar-refractivity contribution in [1.29, 1.82) is 0 Å². The molecule has 0 radical (unpaired) electrons. The van der Waals surface area contributed by atoms with Gasteiger partial charge < -0.3 is 26.0 Å². The molecule has 0 bridgehead atoms. The average molecular weight is 389 g/mol. The molecule has 0 unspecified atom stereocenters. The second-order valence-electron chi connectivity index (χ2n) is 6.94. The standard InChI is InChI=1S/C22H23N5O2/c23-19-14-18(7-8-20(19)28)26-10-12-27(13-11-26)21-9-6-17(15-24-21)25-22(29)16-4-2-1-3-5-16/h1-9,14-15,28H,10-13,23H2,(H,25,29). The summed E-state index contributed by atoms with van der Waals surface area (Å²) in [5.74, 6) is 0.838. The summed E-state index contributed by atoms with van der Waals surface area (Å²) in [7, 11) is 0. The number of rotatable bonds is 4. The van der Waals surface area contributed by atoms with Crippen molar-refractivity contribution in [2.75, 3.05) is 47.0 Å². The van der Waals surface area contributed by atoms with Crippen molar-refractivity contribution in [2.24, 2.45) is 0 Å². The third kappa shape index (κ3) is 4.24. The minimum Gasteiger partial charge on any atom is -0.506 e. The number of carbonyl (C=O) groups excluding carboxylic acids is 1. The lowest BCUT2D eigenvalue weighted by Crippen LogP contribution is -2.46. The molecule has 148 valence electrons. The number of nitrogens with zero attached hydrogens (tertiary/aromatic N) is 3. The van der Waals surface area contributed by atoms with Crippen LogP contribution in [0.25, 0.3) is 0 Å². The van der Waals surface area contributed by atoms with Gasteiger partial charge in [-0.1, -0.05) is 18.2 Å². The first-order valence-electron chi connectivity index (χ1n) is 9.51. The summed E-state index contributed by atoms with van der Waals surface area (Å²) in [6, 6.07) is 18.2. The van der Waals surface area contributed by atoms with Gasteiger partial charge >= 0.3 is 0 Å². The number of pyridine rings is 1. The van der Waals surface area contributed by atoms with Gasteiger partial charge in [-0.05, 0) is 42.5 Å². The van der Waals surface area contributed by atoms with Crippen LogP contribution in [-0.2, 0) is 0 Å². The minimum atomic E-state index is -0.151. The summed E-state index contributed by atoms with van der Waals surface area (Å²) in [5.41, 5.74) is 8.48. The number of nitrogens with one attached hydrogen (secondary N) is 1. The lowest BCUT2D eigenvalue weighted by Gasteiger charge is -2.36. The van der Waals surface area contributed by atoms with E-state index in [-0.39, 0.29) is 11.7 Å². The molecular formula is C22H23N5O2. The van der Waals surface area contributed by atoms with E-state index in [1.807, 2.05) is 36.4 Å². The highest BCUT2D eigenvalue weighted by Crippen LogP contribution is 2.27. The SMILES string of the molecule is Nc1cc(N2CCN(c3ccc(NC(=O)c4ccccc4)cn3)CC2)ccc1O. The fourth-order valence-corrected chi connectivity index (χ4v) is 3.37. The van der Waals surface area contributed by atoms with E-state index >= 15 is 0 Å². The Bertz CT molecular complexity index is 984. The maximum Gasteiger partial charge on any atom is 0.255 e. The molecule has 1 aliphatic heterocycles. The lowest BCUT2D eigenvalue weighted by atomic mass is 10.2. The van der Waals surface area contributed by atoms with Crippen molar-refractivity contribution in [3.05, 3.63) is 72.4 Å². The number of anilines is 4. The van der Waals surface area contributed by atoms with Gasteiger partial charge in [-0.3, -0.25) is 4.79 Å². The maximum absolute atomic E-state index is 12.2. The fraction of sp³-hybridized carbons (Fsp3) is 0.182. The second kappa shape index (κ2) is 8.10. The molecule has 0 aliphatic carbocycles. The van der Waals surface area contributed by atoms with Crippen LogP contribution in [0.15, 0.2) is 66.9 Å². The smallest absolute Gasteiger partial charge is 0.255 e. The maximum atomic E-state index is 12.2. The molecule has 2 aromatic carbocycles. The summed E-state index contributed by atoms with van der Waals surface area (Å²) in [6.45, 7) is 3.31. The van der Waals surface area contributed by atoms with E-state index in [0.717, 1.165) is 37.7 Å². The van der Waals surface area contributed by atoms with Crippen molar-refractivity contribution in [3.8, 4) is 5.75 Å². The van der Waals surface area contributed by atoms with E-state index in [1.54, 1.807) is 30.5 Å². The molecule has 7 heteroatoms. The Morgan fingerprint density at radius 3 is 2.34 bits per heavy atom. The Hall–Kier alpha value is -3.74. The summed E-state index contributed by atoms with van der Waals surface area (Å²) in [6.07, 6.45) is 1.68. The van der Waals surface area contributed by atoms with Crippen molar-refractivity contribution >= 4 is 28.8 Å². The molecule has 1 aliphatic rings. The zero-order chi connectivity index (χ0) is 20.2. The van der Waals surface area contributed by atoms with Crippen molar-refractivity contribution in [3.63, 3.8) is 0 Å². The van der Waals surface area contributed by atoms with Crippen molar-refractivity contribution in [2.45, 2.75) is 0 Å². The second-order valence-corrected chi connectivity index (χ2v) is 6.94. The molecule has 1 saturated heterocycles. The van der Waals surface area contributed by atoms with Crippen molar-refractivity contribution < 1.29 is 9.90 Å². The third-order valence-electron chi connectivity index (χ3n) is 5.02. The Labute approximate surface area is 169 Å². The van der Waals surface area contributed by atoms with Gasteiger partial charge in [0.2, 0.25) is 0 Å². The summed E-state index contributed by atoms with van der Waals surface area (Å²) >= 11 is 0. The van der Waals surface area contributed by atoms with Gasteiger partial charge in [0.25, 0.3) is 5.91 Å². The van der Waals surface area contributed by atoms with Gasteiger partial charge in [-0.25, -0.2) is 4.98 Å². The van der Waals surface area contributed by atoms with E-state index in [0.29, 0.717) is 16.9 Å². The molecule has 1 amide bonds. The van der Waals surface area contributed by atoms with E-state index in [9.17, 15) is 9.90 Å². The highest BCUT2D eigenvalue weighted by atomic mass is 16.3. The number of aromatic hydroxyl groups is 1. The Balaban J connectivity index is 1.35. The number of phenolic OH excluding ortho intramolecular Hbond substituents is 1. The number of phenols is 1. The summed E-state index contributed by atoms with van der Waals surface area (Å²) < 4.78 is 0. The highest BCUT2D eigenvalue weighted by Gasteiger charge is 2.19. The number of amides is 1. The molecular weight excluding hydrogens is 366 g/mol. The number of hydrogen-bond acceptors (Lipinski definition) is 6. The van der Waals surface area contributed by atoms with Gasteiger partial charge in [0.15, 0.2) is 0 Å². The van der Waals surface area contributed by atoms with Crippen LogP contribution in [0.4, 0.5) is 22.9 Å². The number of aromatic nitrogens is 1. The monoisotopic (exact) mass is 389 g/mol. The molecule has 4 N–H and O–H groups in total. The van der Waals surface area contributed by atoms with Crippen LogP contribution in [0.2, 0.25) is 0 Å². The first kappa shape index (κ1) is 18.6. The van der Waals surface area contributed by atoms with Gasteiger partial charge in [0, 0.05) is 37.4 Å². The zero-order valence-corrected chi connectivity index (χ0v) is 16.0. The van der Waals surface area contributed by atoms with Crippen LogP contribution < -0.4 is 20.9 Å². The number of benzene rings is 2. The van der Waals surface area contributed by atoms with Crippen LogP contribution >= 0.6 is 0 Å². The quantitative estimate of drug-likeness (QED) is 0.469. The predicted molar refractivity (Wildman–Crippen MR) is 116 cm³/mol. The fourth-order valence-electron chi connectivity index (χ4n) is 3.37. The van der Waals surface area contributed by atoms with Gasteiger partial charge in [0.05, 0.1) is 17.6 Å². The zero-order valence-electron chi connectivity index (χ0n) is 16.0. The van der Waals surface area contributed by atoms with E-state index in [4.69, 9.17) is 5.73 Å². The molecule has 2 heterocycles. The topological polar surface area (TPSA) is 94.7 Å². The van der Waals surface area contributed by atoms with Crippen LogP contribution in [0, 0.1) is 0 Å². The number of nitrogen functional groups attached to an aromatic ring is 1. The van der Waals surface area contributed by atoms with E-state index in [2.05, 4.69) is 20.1 Å². The average Bonchev–Trinajstić information content (AvgIpc) is 2.77. The van der Waals surface area contributed by atoms with Crippen molar-refractivity contribution in [1.82, 2.24) is 4.98 Å². The van der Waals surface area contributed by atoms with Crippen LogP contribution in [0.3, 0.4) is 0 Å². The number of hydrogen-bond donors (Lipinski definition) is 3. The Morgan fingerprint density at radius 1 is 0.966 bits per heavy atom. The first-order valence-corrected chi connectivity index (χ1v) is 9.51. The van der Waals surface area contributed by atoms with E-state index < -0.39 is 0 Å². The number of carbonyl (C=O) groups is 1. The molecule has 29 heavy (non-hydrogen) atoms. The predicted octanol–water partition coefficient (Wildman–Crippen LogP) is 2.95. The molecule has 0 atom stereocenters. The van der Waals surface area contributed by atoms with Crippen LogP contribution in [0.1, 0.15) is 10.4 Å². The Morgan fingerprint density at radius 2 is 1.69 bits per heavy atom. The highest BCUT2D eigenvalue weighted by molar-refractivity contribution is 6.04. The molecule has 7 nitrogen and oxygen atoms in total. The van der Waals surface area contributed by atoms with Crippen LogP contribution in [-0.4, -0.2) is 42.2 Å². The largest absolute Gasteiger partial charge is 0.506 e.